The summed E-state index contributed by atoms with van der Waals surface area (Å²) in [5, 5.41) is 4.50. The number of fused-ring (bicyclic) bond motifs is 8. The summed E-state index contributed by atoms with van der Waals surface area (Å²) in [5.74, 6) is 3.72. The monoisotopic (exact) mass is 1470 g/mol. The molecule has 4 aliphatic rings. The van der Waals surface area contributed by atoms with Crippen LogP contribution in [0.2, 0.25) is 0 Å². The fourth-order valence-corrected chi connectivity index (χ4v) is 15.8. The number of rotatable bonds is 16. The summed E-state index contributed by atoms with van der Waals surface area (Å²) in [7, 11) is 0. The zero-order valence-corrected chi connectivity index (χ0v) is 63.6. The molecule has 12 heterocycles. The Labute approximate surface area is 618 Å². The lowest BCUT2D eigenvalue weighted by Crippen LogP contribution is -2.27. The summed E-state index contributed by atoms with van der Waals surface area (Å²) in [6, 6.07) is 16.4. The van der Waals surface area contributed by atoms with Crippen molar-refractivity contribution in [2.24, 2.45) is 0 Å². The predicted molar refractivity (Wildman–Crippen MR) is 417 cm³/mol. The molecular formula is C76H84N20O4S4. The van der Waals surface area contributed by atoms with Crippen molar-refractivity contribution >= 4 is 91.2 Å². The van der Waals surface area contributed by atoms with Crippen LogP contribution in [-0.2, 0) is 62.7 Å². The van der Waals surface area contributed by atoms with Gasteiger partial charge in [-0.3, -0.25) is 19.2 Å². The third kappa shape index (κ3) is 13.6. The Kier molecular flexibility index (Phi) is 21.1. The van der Waals surface area contributed by atoms with Gasteiger partial charge in [0, 0.05) is 47.0 Å². The molecular weight excluding hydrogens is 1390 g/mol. The van der Waals surface area contributed by atoms with Crippen molar-refractivity contribution < 1.29 is 0 Å². The van der Waals surface area contributed by atoms with Crippen LogP contribution in [0.4, 0.5) is 0 Å². The fourth-order valence-electron chi connectivity index (χ4n) is 14.4. The van der Waals surface area contributed by atoms with Crippen LogP contribution in [0.5, 0.6) is 0 Å². The molecule has 4 aliphatic carbocycles. The van der Waals surface area contributed by atoms with Gasteiger partial charge in [-0.1, -0.05) is 137 Å². The molecule has 0 radical (unpaired) electrons. The number of aryl methyl sites for hydroxylation is 4. The van der Waals surface area contributed by atoms with E-state index in [1.807, 2.05) is 58.7 Å². The lowest BCUT2D eigenvalue weighted by atomic mass is 9.76. The average molecular weight is 1470 g/mol. The van der Waals surface area contributed by atoms with Crippen molar-refractivity contribution in [3.05, 3.63) is 210 Å². The SMILES string of the molecule is C=CCn1c(=O)c2cnc(SC)nc2n1-c1ccc2c(n1)C(C)(C)CC2.C=CCn1c(=O)c2cnc(SC)nc2n1-c1ccc2c(n1)C(C)(C)CCC2.C=CCn1c(=O)c2cnc(SC)nc2n1-c1ccc2c(n1)C(C)CC2.C=CCn1c(=O)c2cnc(SC)nc2n1-c1ccc2c(n1)C(C)CCC2. The lowest BCUT2D eigenvalue weighted by Gasteiger charge is -2.31. The predicted octanol–water partition coefficient (Wildman–Crippen LogP) is 12.9. The van der Waals surface area contributed by atoms with Crippen molar-refractivity contribution in [1.82, 2.24) is 97.3 Å². The van der Waals surface area contributed by atoms with Gasteiger partial charge in [-0.15, -0.1) is 26.3 Å². The van der Waals surface area contributed by atoms with E-state index in [0.29, 0.717) is 120 Å². The van der Waals surface area contributed by atoms with E-state index in [1.54, 1.807) is 77.2 Å². The molecule has 0 amide bonds. The number of pyridine rings is 4. The highest BCUT2D eigenvalue weighted by Gasteiger charge is 2.34. The van der Waals surface area contributed by atoms with Crippen LogP contribution >= 0.6 is 47.0 Å². The van der Waals surface area contributed by atoms with Crippen LogP contribution in [0, 0.1) is 0 Å². The highest BCUT2D eigenvalue weighted by Crippen LogP contribution is 2.39. The first-order chi connectivity index (χ1) is 50.2. The minimum Gasteiger partial charge on any atom is -0.267 e. The Morgan fingerprint density at radius 3 is 1.06 bits per heavy atom. The second kappa shape index (κ2) is 30.2. The Hall–Kier alpha value is -9.64. The van der Waals surface area contributed by atoms with Gasteiger partial charge < -0.3 is 0 Å². The van der Waals surface area contributed by atoms with Gasteiger partial charge in [-0.2, -0.15) is 0 Å². The van der Waals surface area contributed by atoms with E-state index < -0.39 is 0 Å². The normalized spacial score (nSPS) is 16.0. The molecule has 0 spiro atoms. The van der Waals surface area contributed by atoms with Crippen molar-refractivity contribution in [2.45, 2.75) is 175 Å². The van der Waals surface area contributed by atoms with Gasteiger partial charge in [-0.05, 0) is 148 Å². The zero-order chi connectivity index (χ0) is 73.5. The summed E-state index contributed by atoms with van der Waals surface area (Å²) in [5.41, 5.74) is 11.6. The summed E-state index contributed by atoms with van der Waals surface area (Å²) >= 11 is 5.80. The van der Waals surface area contributed by atoms with Gasteiger partial charge >= 0.3 is 0 Å². The first-order valence-corrected chi connectivity index (χ1v) is 39.7. The van der Waals surface area contributed by atoms with E-state index in [1.165, 1.54) is 82.1 Å². The summed E-state index contributed by atoms with van der Waals surface area (Å²) in [6.45, 7) is 30.0. The summed E-state index contributed by atoms with van der Waals surface area (Å²) in [6.07, 6.45) is 32.0. The molecule has 24 nitrogen and oxygen atoms in total. The van der Waals surface area contributed by atoms with Crippen LogP contribution in [0.3, 0.4) is 0 Å². The summed E-state index contributed by atoms with van der Waals surface area (Å²) in [4.78, 5) is 106. The molecule has 28 heteroatoms. The molecule has 2 atom stereocenters. The Bertz CT molecular complexity index is 5630. The van der Waals surface area contributed by atoms with E-state index in [-0.39, 0.29) is 33.1 Å². The zero-order valence-electron chi connectivity index (χ0n) is 60.3. The number of allylic oxidation sites excluding steroid dienone is 4. The van der Waals surface area contributed by atoms with Crippen LogP contribution in [-0.4, -0.2) is 122 Å². The first-order valence-electron chi connectivity index (χ1n) is 34.8. The minimum absolute atomic E-state index is 0.0233. The first kappa shape index (κ1) is 72.7. The van der Waals surface area contributed by atoms with Crippen LogP contribution in [0.25, 0.3) is 67.4 Å². The maximum Gasteiger partial charge on any atom is 0.278 e. The smallest absolute Gasteiger partial charge is 0.267 e. The van der Waals surface area contributed by atoms with E-state index in [9.17, 15) is 19.2 Å². The second-order valence-corrected chi connectivity index (χ2v) is 30.6. The van der Waals surface area contributed by atoms with Gasteiger partial charge in [0.15, 0.2) is 66.5 Å². The molecule has 0 saturated carbocycles. The lowest BCUT2D eigenvalue weighted by molar-refractivity contribution is 0.416. The molecule has 12 aromatic rings. The molecule has 0 bridgehead atoms. The van der Waals surface area contributed by atoms with Crippen molar-refractivity contribution in [3.63, 3.8) is 0 Å². The molecule has 104 heavy (non-hydrogen) atoms. The number of hydrogen-bond acceptors (Lipinski definition) is 20. The minimum atomic E-state index is -0.130. The highest BCUT2D eigenvalue weighted by molar-refractivity contribution is 7.99. The van der Waals surface area contributed by atoms with E-state index in [2.05, 4.69) is 132 Å². The number of hydrogen-bond donors (Lipinski definition) is 0. The number of thioether (sulfide) groups is 4. The van der Waals surface area contributed by atoms with Crippen LogP contribution < -0.4 is 22.2 Å². The molecule has 0 fully saturated rings. The highest BCUT2D eigenvalue weighted by atomic mass is 32.2. The van der Waals surface area contributed by atoms with Crippen LogP contribution in [0.1, 0.15) is 137 Å². The third-order valence-corrected chi connectivity index (χ3v) is 22.0. The fraction of sp³-hybridized carbons (Fsp3) is 0.368. The largest absolute Gasteiger partial charge is 0.278 e. The molecule has 2 unspecified atom stereocenters. The topological polar surface area (TPSA) is 262 Å². The standard InChI is InChI=1S/C20H23N5OS.2C19H21N5OS.C18H19N5OS/c1-5-11-24-18(26)14-12-21-19(27-4)23-17(14)25(24)15-9-8-13-7-6-10-20(2,3)16(13)22-15;1-5-10-23-17(25)13-11-20-18(26-4)22-16(13)24(23)14-7-6-12-8-9-19(2,3)15(12)21-14;1-4-10-23-18(25)14-11-20-19(26-3)22-17(14)24(23)15-9-8-13-7-5-6-12(2)16(13)21-15;1-4-9-22-17(24)13-10-19-18(25-3)21-16(13)23(22)14-8-7-12-6-5-11(2)15(12)20-14/h5,8-9,12H,1,6-7,10-11H2,2-4H3;5-7,11H,1,8-10H2,2-4H3;4,8-9,11-12H,1,5-7,10H2,2-3H3;4,7-8,10-11H,1,5-6,9H2,2-3H3. The van der Waals surface area contributed by atoms with E-state index in [0.717, 1.165) is 80.0 Å². The molecule has 536 valence electrons. The van der Waals surface area contributed by atoms with E-state index >= 15 is 0 Å². The number of aromatic nitrogens is 20. The Balaban J connectivity index is 0.000000123. The Morgan fingerprint density at radius 1 is 0.394 bits per heavy atom. The van der Waals surface area contributed by atoms with Gasteiger partial charge in [0.25, 0.3) is 22.2 Å². The van der Waals surface area contributed by atoms with Gasteiger partial charge in [0.2, 0.25) is 0 Å². The van der Waals surface area contributed by atoms with Gasteiger partial charge in [0.1, 0.15) is 21.5 Å². The molecule has 0 aliphatic heterocycles. The molecule has 0 saturated heterocycles. The summed E-state index contributed by atoms with van der Waals surface area (Å²) < 4.78 is 13.7. The molecule has 0 aromatic carbocycles. The maximum absolute atomic E-state index is 12.9. The van der Waals surface area contributed by atoms with Gasteiger partial charge in [0.05, 0.1) is 37.6 Å². The number of nitrogens with zero attached hydrogens (tertiary/aromatic N) is 20. The second-order valence-electron chi connectivity index (χ2n) is 27.5. The average Bonchev–Trinajstić information content (AvgIpc) is 1.59. The van der Waals surface area contributed by atoms with Crippen LogP contribution in [0.15, 0.2) is 164 Å². The van der Waals surface area contributed by atoms with Crippen molar-refractivity contribution in [2.75, 3.05) is 25.0 Å². The van der Waals surface area contributed by atoms with Gasteiger partial charge in [-0.25, -0.2) is 97.3 Å². The van der Waals surface area contributed by atoms with Crippen molar-refractivity contribution in [1.29, 1.82) is 0 Å². The molecule has 0 N–H and O–H groups in total. The molecule has 12 aromatic heterocycles. The Morgan fingerprint density at radius 2 is 0.702 bits per heavy atom. The van der Waals surface area contributed by atoms with E-state index in [4.69, 9.17) is 19.9 Å². The molecule has 16 rings (SSSR count). The van der Waals surface area contributed by atoms with Crippen molar-refractivity contribution in [3.8, 4) is 23.3 Å². The quantitative estimate of drug-likeness (QED) is 0.0494. The third-order valence-electron chi connectivity index (χ3n) is 19.8. The maximum atomic E-state index is 12.9.